The smallest absolute Gasteiger partial charge is 0.0991 e. The standard InChI is InChI=1S/C45H45N3/c46-33-34-22-24-35(25-23-34)36-26-28-40(29-27-36)48-43-21-13-12-20-42(43)45(37-14-6-2-1-3-7-15-37)32-41(30-31-44(45)48)47(38-16-8-4-9-17-38)39-18-10-5-11-19-39/h4-5,8-13,16-29,37,41,44H,1-3,6-7,14-15,30-32H2. The SMILES string of the molecule is N#Cc1ccc(-c2ccc(N3c4ccccc4C4(C5CCCCCCC5)CC(N(c5ccccc5)c5ccccc5)CCC34)cc2)cc1. The normalized spacial score (nSPS) is 22.5. The fraction of sp³-hybridized carbons (Fsp3) is 0.311. The number of nitrogens with zero attached hydrogens (tertiary/aromatic N) is 3. The third kappa shape index (κ3) is 5.48. The van der Waals surface area contributed by atoms with Gasteiger partial charge in [0.25, 0.3) is 0 Å². The van der Waals surface area contributed by atoms with Crippen molar-refractivity contribution < 1.29 is 0 Å². The molecule has 1 heterocycles. The molecule has 240 valence electrons. The average molecular weight is 628 g/mol. The van der Waals surface area contributed by atoms with Crippen LogP contribution in [0, 0.1) is 17.2 Å². The fourth-order valence-electron chi connectivity index (χ4n) is 9.60. The van der Waals surface area contributed by atoms with E-state index in [4.69, 9.17) is 0 Å². The van der Waals surface area contributed by atoms with E-state index < -0.39 is 0 Å². The second-order valence-corrected chi connectivity index (χ2v) is 14.2. The molecule has 3 atom stereocenters. The molecule has 2 aliphatic carbocycles. The van der Waals surface area contributed by atoms with Gasteiger partial charge in [0.15, 0.2) is 0 Å². The van der Waals surface area contributed by atoms with E-state index in [1.54, 1.807) is 5.56 Å². The van der Waals surface area contributed by atoms with Crippen LogP contribution in [0.1, 0.15) is 75.3 Å². The van der Waals surface area contributed by atoms with Crippen molar-refractivity contribution in [2.24, 2.45) is 5.92 Å². The Labute approximate surface area is 286 Å². The Morgan fingerprint density at radius 1 is 0.583 bits per heavy atom. The third-order valence-electron chi connectivity index (χ3n) is 11.7. The van der Waals surface area contributed by atoms with Crippen LogP contribution in [0.3, 0.4) is 0 Å². The van der Waals surface area contributed by atoms with Gasteiger partial charge in [0.1, 0.15) is 0 Å². The minimum atomic E-state index is 0.0739. The molecule has 1 aliphatic heterocycles. The topological polar surface area (TPSA) is 30.3 Å². The molecular weight excluding hydrogens is 583 g/mol. The molecule has 48 heavy (non-hydrogen) atoms. The van der Waals surface area contributed by atoms with Gasteiger partial charge < -0.3 is 9.80 Å². The highest BCUT2D eigenvalue weighted by molar-refractivity contribution is 5.77. The van der Waals surface area contributed by atoms with E-state index in [1.165, 1.54) is 73.3 Å². The predicted molar refractivity (Wildman–Crippen MR) is 199 cm³/mol. The summed E-state index contributed by atoms with van der Waals surface area (Å²) >= 11 is 0. The maximum atomic E-state index is 9.28. The minimum absolute atomic E-state index is 0.0739. The Morgan fingerprint density at radius 2 is 1.15 bits per heavy atom. The van der Waals surface area contributed by atoms with Gasteiger partial charge in [0, 0.05) is 40.2 Å². The quantitative estimate of drug-likeness (QED) is 0.188. The predicted octanol–water partition coefficient (Wildman–Crippen LogP) is 11.7. The molecule has 5 aromatic rings. The first-order chi connectivity index (χ1) is 23.8. The van der Waals surface area contributed by atoms with Crippen molar-refractivity contribution >= 4 is 22.7 Å². The third-order valence-corrected chi connectivity index (χ3v) is 11.7. The first-order valence-electron chi connectivity index (χ1n) is 18.1. The van der Waals surface area contributed by atoms with Crippen LogP contribution in [-0.2, 0) is 5.41 Å². The van der Waals surface area contributed by atoms with Crippen LogP contribution >= 0.6 is 0 Å². The van der Waals surface area contributed by atoms with Crippen molar-refractivity contribution in [2.75, 3.05) is 9.80 Å². The minimum Gasteiger partial charge on any atom is -0.338 e. The van der Waals surface area contributed by atoms with Crippen LogP contribution in [0.4, 0.5) is 22.7 Å². The van der Waals surface area contributed by atoms with Crippen molar-refractivity contribution in [1.82, 2.24) is 0 Å². The van der Waals surface area contributed by atoms with Gasteiger partial charge in [-0.25, -0.2) is 0 Å². The molecule has 3 nitrogen and oxygen atoms in total. The molecule has 5 aromatic carbocycles. The van der Waals surface area contributed by atoms with Gasteiger partial charge in [-0.15, -0.1) is 0 Å². The second kappa shape index (κ2) is 13.4. The molecular formula is C45H45N3. The van der Waals surface area contributed by atoms with E-state index in [0.29, 0.717) is 23.6 Å². The zero-order chi connectivity index (χ0) is 32.3. The van der Waals surface area contributed by atoms with E-state index in [1.807, 2.05) is 12.1 Å². The summed E-state index contributed by atoms with van der Waals surface area (Å²) in [5.74, 6) is 0.656. The summed E-state index contributed by atoms with van der Waals surface area (Å²) in [5, 5.41) is 9.28. The van der Waals surface area contributed by atoms with Gasteiger partial charge in [-0.05, 0) is 109 Å². The molecule has 8 rings (SSSR count). The monoisotopic (exact) mass is 627 g/mol. The van der Waals surface area contributed by atoms with Crippen molar-refractivity contribution in [3.8, 4) is 17.2 Å². The Bertz CT molecular complexity index is 1810. The Morgan fingerprint density at radius 3 is 1.77 bits per heavy atom. The first-order valence-corrected chi connectivity index (χ1v) is 18.1. The number of nitriles is 1. The van der Waals surface area contributed by atoms with Crippen molar-refractivity contribution in [3.05, 3.63) is 145 Å². The molecule has 0 N–H and O–H groups in total. The highest BCUT2D eigenvalue weighted by Crippen LogP contribution is 2.61. The zero-order valence-electron chi connectivity index (χ0n) is 27.8. The zero-order valence-corrected chi connectivity index (χ0v) is 27.8. The number of benzene rings is 5. The van der Waals surface area contributed by atoms with Gasteiger partial charge in [-0.2, -0.15) is 5.26 Å². The van der Waals surface area contributed by atoms with Crippen LogP contribution in [0.25, 0.3) is 11.1 Å². The van der Waals surface area contributed by atoms with Gasteiger partial charge in [0.05, 0.1) is 11.6 Å². The largest absolute Gasteiger partial charge is 0.338 e. The molecule has 0 saturated heterocycles. The van der Waals surface area contributed by atoms with E-state index in [9.17, 15) is 5.26 Å². The molecule has 3 heteroatoms. The van der Waals surface area contributed by atoms with E-state index in [2.05, 4.69) is 137 Å². The van der Waals surface area contributed by atoms with Gasteiger partial charge in [-0.1, -0.05) is 111 Å². The molecule has 2 fully saturated rings. The van der Waals surface area contributed by atoms with Gasteiger partial charge >= 0.3 is 0 Å². The Hall–Kier alpha value is -4.81. The second-order valence-electron chi connectivity index (χ2n) is 14.2. The lowest BCUT2D eigenvalue weighted by molar-refractivity contribution is 0.133. The summed E-state index contributed by atoms with van der Waals surface area (Å²) in [6.07, 6.45) is 12.9. The van der Waals surface area contributed by atoms with E-state index >= 15 is 0 Å². The maximum absolute atomic E-state index is 9.28. The Balaban J connectivity index is 1.23. The van der Waals surface area contributed by atoms with Gasteiger partial charge in [-0.3, -0.25) is 0 Å². The van der Waals surface area contributed by atoms with Crippen LogP contribution in [0.5, 0.6) is 0 Å². The highest BCUT2D eigenvalue weighted by Gasteiger charge is 2.58. The number of anilines is 4. The van der Waals surface area contributed by atoms with Crippen LogP contribution < -0.4 is 9.80 Å². The molecule has 3 aliphatic rings. The lowest BCUT2D eigenvalue weighted by Crippen LogP contribution is -2.55. The van der Waals surface area contributed by atoms with Crippen molar-refractivity contribution in [3.63, 3.8) is 0 Å². The molecule has 0 spiro atoms. The molecule has 3 unspecified atom stereocenters. The van der Waals surface area contributed by atoms with Gasteiger partial charge in [0.2, 0.25) is 0 Å². The average Bonchev–Trinajstić information content (AvgIpc) is 3.43. The van der Waals surface area contributed by atoms with E-state index in [-0.39, 0.29) is 5.41 Å². The first kappa shape index (κ1) is 30.5. The summed E-state index contributed by atoms with van der Waals surface area (Å²) in [6.45, 7) is 0. The summed E-state index contributed by atoms with van der Waals surface area (Å²) in [5.41, 5.74) is 9.96. The van der Waals surface area contributed by atoms with Crippen molar-refractivity contribution in [1.29, 1.82) is 5.26 Å². The number of hydrogen-bond donors (Lipinski definition) is 0. The molecule has 0 aromatic heterocycles. The summed E-state index contributed by atoms with van der Waals surface area (Å²) in [6, 6.07) is 51.9. The van der Waals surface area contributed by atoms with Crippen molar-refractivity contribution in [2.45, 2.75) is 81.7 Å². The molecule has 0 radical (unpaired) electrons. The Kier molecular flexibility index (Phi) is 8.50. The summed E-state index contributed by atoms with van der Waals surface area (Å²) < 4.78 is 0. The molecule has 0 amide bonds. The number of rotatable bonds is 6. The highest BCUT2D eigenvalue weighted by atomic mass is 15.2. The summed E-state index contributed by atoms with van der Waals surface area (Å²) in [4.78, 5) is 5.40. The van der Waals surface area contributed by atoms with Crippen LogP contribution in [0.15, 0.2) is 133 Å². The van der Waals surface area contributed by atoms with E-state index in [0.717, 1.165) is 24.8 Å². The fourth-order valence-corrected chi connectivity index (χ4v) is 9.60. The number of hydrogen-bond acceptors (Lipinski definition) is 3. The number of fused-ring (bicyclic) bond motifs is 3. The molecule has 2 saturated carbocycles. The van der Waals surface area contributed by atoms with Crippen LogP contribution in [0.2, 0.25) is 0 Å². The van der Waals surface area contributed by atoms with Crippen LogP contribution in [-0.4, -0.2) is 12.1 Å². The molecule has 0 bridgehead atoms. The maximum Gasteiger partial charge on any atom is 0.0991 e. The lowest BCUT2D eigenvalue weighted by Gasteiger charge is -2.53. The number of para-hydroxylation sites is 3. The summed E-state index contributed by atoms with van der Waals surface area (Å²) in [7, 11) is 0. The lowest BCUT2D eigenvalue weighted by atomic mass is 9.57.